The first-order chi connectivity index (χ1) is 27.2. The Bertz CT molecular complexity index is 3260. The van der Waals surface area contributed by atoms with Gasteiger partial charge in [-0.1, -0.05) is 152 Å². The maximum atomic E-state index is 6.44. The van der Waals surface area contributed by atoms with Crippen molar-refractivity contribution in [1.29, 1.82) is 0 Å². The van der Waals surface area contributed by atoms with E-state index in [0.29, 0.717) is 17.5 Å². The molecule has 0 saturated heterocycles. The van der Waals surface area contributed by atoms with Crippen LogP contribution in [0.5, 0.6) is 0 Å². The normalized spacial score (nSPS) is 11.6. The second-order valence-corrected chi connectivity index (χ2v) is 14.0. The Labute approximate surface area is 317 Å². The Balaban J connectivity index is 1.20. The second kappa shape index (κ2) is 12.6. The minimum absolute atomic E-state index is 0.591. The molecule has 0 fully saturated rings. The van der Waals surface area contributed by atoms with E-state index in [4.69, 9.17) is 19.4 Å². The average molecular weight is 702 g/mol. The fourth-order valence-electron chi connectivity index (χ4n) is 8.09. The van der Waals surface area contributed by atoms with Crippen molar-refractivity contribution < 1.29 is 4.42 Å². The van der Waals surface area contributed by atoms with Gasteiger partial charge >= 0.3 is 0 Å². The standard InChI is InChI=1S/C51H31N3O/c1-3-14-33(15-4-1)40-27-28-46-47(43-21-11-12-22-45(43)55-46)48(40)51-53-49(36-24-23-32-13-7-8-18-35(32)29-36)52-50(54-51)37-25-26-39-38(30-37)31-44(34-16-5-2-6-17-34)42-20-10-9-19-41(39)42/h1-31H. The molecule has 0 aliphatic rings. The number of nitrogens with zero attached hydrogens (tertiary/aromatic N) is 3. The molecule has 256 valence electrons. The van der Waals surface area contributed by atoms with Gasteiger partial charge in [0, 0.05) is 27.5 Å². The predicted octanol–water partition coefficient (Wildman–Crippen LogP) is 13.6. The summed E-state index contributed by atoms with van der Waals surface area (Å²) in [6, 6.07) is 65.8. The lowest BCUT2D eigenvalue weighted by Gasteiger charge is -2.15. The number of rotatable bonds is 5. The van der Waals surface area contributed by atoms with Gasteiger partial charge in [0.15, 0.2) is 17.5 Å². The molecule has 11 rings (SSSR count). The molecule has 0 atom stereocenters. The van der Waals surface area contributed by atoms with Crippen LogP contribution in [0.2, 0.25) is 0 Å². The molecule has 0 saturated carbocycles. The van der Waals surface area contributed by atoms with Gasteiger partial charge < -0.3 is 4.42 Å². The van der Waals surface area contributed by atoms with E-state index in [1.807, 2.05) is 18.2 Å². The maximum absolute atomic E-state index is 6.44. The number of hydrogen-bond acceptors (Lipinski definition) is 4. The van der Waals surface area contributed by atoms with E-state index in [-0.39, 0.29) is 0 Å². The molecule has 11 aromatic rings. The SMILES string of the molecule is c1ccc(-c2ccc3oc4ccccc4c3c2-c2nc(-c3ccc4ccccc4c3)nc(-c3ccc4c(c3)cc(-c3ccccc3)c3ccccc34)n2)cc1. The molecule has 4 nitrogen and oxygen atoms in total. The monoisotopic (exact) mass is 701 g/mol. The molecule has 9 aromatic carbocycles. The van der Waals surface area contributed by atoms with Gasteiger partial charge in [-0.25, -0.2) is 15.0 Å². The molecule has 0 aliphatic heterocycles. The molecule has 0 unspecified atom stereocenters. The summed E-state index contributed by atoms with van der Waals surface area (Å²) in [5, 5.41) is 9.04. The molecule has 55 heavy (non-hydrogen) atoms. The van der Waals surface area contributed by atoms with E-state index in [2.05, 4.69) is 170 Å². The van der Waals surface area contributed by atoms with E-state index in [1.54, 1.807) is 0 Å². The van der Waals surface area contributed by atoms with Crippen LogP contribution in [0, 0.1) is 0 Å². The number of fused-ring (bicyclic) bond motifs is 7. The van der Waals surface area contributed by atoms with Crippen LogP contribution in [-0.4, -0.2) is 15.0 Å². The predicted molar refractivity (Wildman–Crippen MR) is 227 cm³/mol. The first-order valence-corrected chi connectivity index (χ1v) is 18.5. The van der Waals surface area contributed by atoms with E-state index in [0.717, 1.165) is 65.9 Å². The fourth-order valence-corrected chi connectivity index (χ4v) is 8.09. The number of benzene rings is 9. The molecule has 0 aliphatic carbocycles. The van der Waals surface area contributed by atoms with Gasteiger partial charge in [-0.05, 0) is 91.0 Å². The van der Waals surface area contributed by atoms with Gasteiger partial charge in [-0.3, -0.25) is 0 Å². The Morgan fingerprint density at radius 2 is 0.891 bits per heavy atom. The number of furan rings is 1. The van der Waals surface area contributed by atoms with Crippen molar-refractivity contribution in [2.75, 3.05) is 0 Å². The van der Waals surface area contributed by atoms with Crippen LogP contribution in [0.1, 0.15) is 0 Å². The van der Waals surface area contributed by atoms with Crippen LogP contribution < -0.4 is 0 Å². The van der Waals surface area contributed by atoms with Crippen molar-refractivity contribution in [3.63, 3.8) is 0 Å². The lowest BCUT2D eigenvalue weighted by molar-refractivity contribution is 0.669. The van der Waals surface area contributed by atoms with Crippen LogP contribution in [0.15, 0.2) is 192 Å². The van der Waals surface area contributed by atoms with E-state index >= 15 is 0 Å². The third-order valence-electron chi connectivity index (χ3n) is 10.7. The van der Waals surface area contributed by atoms with Crippen molar-refractivity contribution in [2.24, 2.45) is 0 Å². The van der Waals surface area contributed by atoms with E-state index in [9.17, 15) is 0 Å². The van der Waals surface area contributed by atoms with Crippen LogP contribution in [0.25, 0.3) is 111 Å². The van der Waals surface area contributed by atoms with Gasteiger partial charge in [-0.2, -0.15) is 0 Å². The topological polar surface area (TPSA) is 51.8 Å². The maximum Gasteiger partial charge on any atom is 0.165 e. The lowest BCUT2D eigenvalue weighted by atomic mass is 9.92. The minimum atomic E-state index is 0.591. The van der Waals surface area contributed by atoms with Crippen LogP contribution in [0.3, 0.4) is 0 Å². The fraction of sp³-hybridized carbons (Fsp3) is 0. The van der Waals surface area contributed by atoms with Gasteiger partial charge in [-0.15, -0.1) is 0 Å². The van der Waals surface area contributed by atoms with Gasteiger partial charge in [0.25, 0.3) is 0 Å². The van der Waals surface area contributed by atoms with Crippen molar-refractivity contribution in [3.8, 4) is 56.4 Å². The minimum Gasteiger partial charge on any atom is -0.456 e. The van der Waals surface area contributed by atoms with Crippen LogP contribution >= 0.6 is 0 Å². The molecule has 2 aromatic heterocycles. The third kappa shape index (κ3) is 5.26. The highest BCUT2D eigenvalue weighted by Crippen LogP contribution is 2.43. The second-order valence-electron chi connectivity index (χ2n) is 14.0. The quantitative estimate of drug-likeness (QED) is 0.168. The van der Waals surface area contributed by atoms with Crippen LogP contribution in [-0.2, 0) is 0 Å². The Kier molecular flexibility index (Phi) is 7.14. The molecule has 2 heterocycles. The number of hydrogen-bond donors (Lipinski definition) is 0. The summed E-state index contributed by atoms with van der Waals surface area (Å²) in [4.78, 5) is 15.9. The number of aromatic nitrogens is 3. The highest BCUT2D eigenvalue weighted by atomic mass is 16.3. The molecular weight excluding hydrogens is 671 g/mol. The smallest absolute Gasteiger partial charge is 0.165 e. The van der Waals surface area contributed by atoms with Crippen molar-refractivity contribution in [1.82, 2.24) is 15.0 Å². The molecule has 0 bridgehead atoms. The summed E-state index contributed by atoms with van der Waals surface area (Å²) in [5.41, 5.74) is 8.84. The summed E-state index contributed by atoms with van der Waals surface area (Å²) in [7, 11) is 0. The third-order valence-corrected chi connectivity index (χ3v) is 10.7. The van der Waals surface area contributed by atoms with E-state index in [1.165, 1.54) is 27.3 Å². The van der Waals surface area contributed by atoms with Crippen molar-refractivity contribution in [2.45, 2.75) is 0 Å². The molecular formula is C51H31N3O. The summed E-state index contributed by atoms with van der Waals surface area (Å²) in [6.45, 7) is 0. The summed E-state index contributed by atoms with van der Waals surface area (Å²) in [6.07, 6.45) is 0. The van der Waals surface area contributed by atoms with Crippen LogP contribution in [0.4, 0.5) is 0 Å². The van der Waals surface area contributed by atoms with Crippen molar-refractivity contribution in [3.05, 3.63) is 188 Å². The molecule has 0 N–H and O–H groups in total. The molecule has 0 amide bonds. The summed E-state index contributed by atoms with van der Waals surface area (Å²) < 4.78 is 6.44. The van der Waals surface area contributed by atoms with Gasteiger partial charge in [0.05, 0.1) is 0 Å². The Morgan fingerprint density at radius 1 is 0.309 bits per heavy atom. The van der Waals surface area contributed by atoms with E-state index < -0.39 is 0 Å². The van der Waals surface area contributed by atoms with Crippen molar-refractivity contribution >= 4 is 54.3 Å². The number of para-hydroxylation sites is 1. The zero-order valence-electron chi connectivity index (χ0n) is 29.6. The zero-order valence-corrected chi connectivity index (χ0v) is 29.6. The largest absolute Gasteiger partial charge is 0.456 e. The molecule has 0 spiro atoms. The van der Waals surface area contributed by atoms with Gasteiger partial charge in [0.1, 0.15) is 11.2 Å². The first kappa shape index (κ1) is 31.1. The Hall–Kier alpha value is -7.43. The molecule has 4 heteroatoms. The zero-order chi connectivity index (χ0) is 36.3. The summed E-state index contributed by atoms with van der Waals surface area (Å²) >= 11 is 0. The first-order valence-electron chi connectivity index (χ1n) is 18.5. The molecule has 0 radical (unpaired) electrons. The highest BCUT2D eigenvalue weighted by molar-refractivity contribution is 6.16. The van der Waals surface area contributed by atoms with Gasteiger partial charge in [0.2, 0.25) is 0 Å². The average Bonchev–Trinajstić information content (AvgIpc) is 3.65. The Morgan fingerprint density at radius 3 is 1.65 bits per heavy atom. The summed E-state index contributed by atoms with van der Waals surface area (Å²) in [5.74, 6) is 1.80. The lowest BCUT2D eigenvalue weighted by Crippen LogP contribution is -2.01. The highest BCUT2D eigenvalue weighted by Gasteiger charge is 2.22.